The van der Waals surface area contributed by atoms with Crippen molar-refractivity contribution >= 4 is 17.4 Å². The minimum absolute atomic E-state index is 0.174. The highest BCUT2D eigenvalue weighted by Crippen LogP contribution is 2.35. The predicted octanol–water partition coefficient (Wildman–Crippen LogP) is 6.62. The SMILES string of the molecule is C=C(C=CC)C=C(CC)CCC(F)(F)C(N)=NC(CN1CCCC1)C(O)c1ccc(OC2CC2)c(Cl)c1. The fourth-order valence-corrected chi connectivity index (χ4v) is 4.65. The van der Waals surface area contributed by atoms with Crippen molar-refractivity contribution in [2.75, 3.05) is 19.6 Å². The molecule has 0 aromatic heterocycles. The van der Waals surface area contributed by atoms with Crippen LogP contribution in [0.2, 0.25) is 5.02 Å². The van der Waals surface area contributed by atoms with Crippen molar-refractivity contribution in [2.24, 2.45) is 10.7 Å². The fraction of sp³-hybridized carbons (Fsp3) is 0.552. The van der Waals surface area contributed by atoms with Gasteiger partial charge in [-0.1, -0.05) is 55.0 Å². The molecule has 2 fully saturated rings. The van der Waals surface area contributed by atoms with E-state index >= 15 is 8.78 Å². The number of benzene rings is 1. The molecule has 1 heterocycles. The number of aliphatic hydroxyl groups is 1. The van der Waals surface area contributed by atoms with Crippen LogP contribution in [-0.2, 0) is 0 Å². The number of nitrogens with two attached hydrogens (primary N) is 1. The van der Waals surface area contributed by atoms with E-state index < -0.39 is 30.3 Å². The molecular formula is C29H40ClF2N3O2. The lowest BCUT2D eigenvalue weighted by Gasteiger charge is -2.27. The van der Waals surface area contributed by atoms with Gasteiger partial charge in [-0.05, 0) is 81.8 Å². The summed E-state index contributed by atoms with van der Waals surface area (Å²) in [5.74, 6) is -3.50. The molecule has 1 aliphatic carbocycles. The Morgan fingerprint density at radius 1 is 1.35 bits per heavy atom. The van der Waals surface area contributed by atoms with Crippen LogP contribution < -0.4 is 10.5 Å². The molecule has 2 unspecified atom stereocenters. The maximum Gasteiger partial charge on any atom is 0.304 e. The van der Waals surface area contributed by atoms with Crippen LogP contribution in [0.5, 0.6) is 5.75 Å². The van der Waals surface area contributed by atoms with Crippen LogP contribution in [0.25, 0.3) is 0 Å². The summed E-state index contributed by atoms with van der Waals surface area (Å²) in [6.07, 6.45) is 8.99. The maximum absolute atomic E-state index is 15.1. The molecule has 0 radical (unpaired) electrons. The Morgan fingerprint density at radius 2 is 2.05 bits per heavy atom. The molecule has 3 N–H and O–H groups in total. The summed E-state index contributed by atoms with van der Waals surface area (Å²) in [6.45, 7) is 9.75. The third-order valence-electron chi connectivity index (χ3n) is 6.79. The smallest absolute Gasteiger partial charge is 0.304 e. The third-order valence-corrected chi connectivity index (χ3v) is 7.08. The molecule has 3 rings (SSSR count). The number of aliphatic hydroxyl groups excluding tert-OH is 1. The Hall–Kier alpha value is -2.22. The van der Waals surface area contributed by atoms with Gasteiger partial charge in [-0.15, -0.1) is 0 Å². The van der Waals surface area contributed by atoms with Gasteiger partial charge in [-0.25, -0.2) is 0 Å². The van der Waals surface area contributed by atoms with E-state index in [9.17, 15) is 5.11 Å². The monoisotopic (exact) mass is 535 g/mol. The van der Waals surface area contributed by atoms with Crippen molar-refractivity contribution in [3.8, 4) is 5.75 Å². The molecule has 1 aromatic rings. The zero-order valence-corrected chi connectivity index (χ0v) is 22.7. The molecule has 0 bridgehead atoms. The molecule has 1 aromatic carbocycles. The van der Waals surface area contributed by atoms with Crippen molar-refractivity contribution < 1.29 is 18.6 Å². The first kappa shape index (κ1) is 29.3. The first-order valence-corrected chi connectivity index (χ1v) is 13.6. The number of likely N-dealkylation sites (tertiary alicyclic amines) is 1. The number of nitrogens with zero attached hydrogens (tertiary/aromatic N) is 2. The first-order chi connectivity index (χ1) is 17.6. The predicted molar refractivity (Wildman–Crippen MR) is 148 cm³/mol. The van der Waals surface area contributed by atoms with Crippen LogP contribution in [0.4, 0.5) is 8.78 Å². The highest BCUT2D eigenvalue weighted by atomic mass is 35.5. The van der Waals surface area contributed by atoms with Crippen molar-refractivity contribution in [1.29, 1.82) is 0 Å². The van der Waals surface area contributed by atoms with E-state index in [1.807, 2.05) is 32.1 Å². The normalized spacial score (nSPS) is 19.4. The minimum Gasteiger partial charge on any atom is -0.489 e. The number of rotatable bonds is 14. The minimum atomic E-state index is -3.31. The molecule has 0 spiro atoms. The van der Waals surface area contributed by atoms with E-state index in [0.717, 1.165) is 49.9 Å². The lowest BCUT2D eigenvalue weighted by atomic mass is 10.00. The summed E-state index contributed by atoms with van der Waals surface area (Å²) in [4.78, 5) is 6.35. The molecule has 204 valence electrons. The van der Waals surface area contributed by atoms with Crippen LogP contribution in [0.3, 0.4) is 0 Å². The molecule has 1 saturated heterocycles. The number of aliphatic imine (C=N–C) groups is 1. The Kier molecular flexibility index (Phi) is 10.7. The molecule has 8 heteroatoms. The number of hydrogen-bond acceptors (Lipinski definition) is 4. The van der Waals surface area contributed by atoms with Gasteiger partial charge < -0.3 is 20.5 Å². The molecule has 2 aliphatic rings. The topological polar surface area (TPSA) is 71.1 Å². The average Bonchev–Trinajstić information content (AvgIpc) is 3.53. The van der Waals surface area contributed by atoms with Gasteiger partial charge in [0.25, 0.3) is 0 Å². The van der Waals surface area contributed by atoms with Gasteiger partial charge in [0.2, 0.25) is 0 Å². The van der Waals surface area contributed by atoms with Gasteiger partial charge in [0, 0.05) is 13.0 Å². The molecule has 0 amide bonds. The lowest BCUT2D eigenvalue weighted by molar-refractivity contribution is 0.0642. The van der Waals surface area contributed by atoms with Crippen LogP contribution in [0.1, 0.15) is 70.5 Å². The van der Waals surface area contributed by atoms with E-state index in [1.54, 1.807) is 18.2 Å². The van der Waals surface area contributed by atoms with Crippen molar-refractivity contribution in [3.05, 3.63) is 64.7 Å². The van der Waals surface area contributed by atoms with Crippen molar-refractivity contribution in [2.45, 2.75) is 83.0 Å². The standard InChI is InChI=1S/C29H40ClF2N3O2/c1-4-8-20(3)17-21(5-2)13-14-29(31,32)28(33)34-25(19-35-15-6-7-16-35)27(36)22-9-12-26(24(30)18-22)37-23-10-11-23/h4,8-9,12,17-18,23,25,27,36H,3,5-7,10-11,13-16,19H2,1-2H3,(H2,33,34). The summed E-state index contributed by atoms with van der Waals surface area (Å²) < 4.78 is 36.0. The Labute approximate surface area is 224 Å². The van der Waals surface area contributed by atoms with Crippen LogP contribution >= 0.6 is 11.6 Å². The quantitative estimate of drug-likeness (QED) is 0.159. The molecule has 37 heavy (non-hydrogen) atoms. The zero-order valence-electron chi connectivity index (χ0n) is 21.9. The number of halogens is 3. The molecule has 1 aliphatic heterocycles. The highest BCUT2D eigenvalue weighted by Gasteiger charge is 2.36. The van der Waals surface area contributed by atoms with E-state index in [4.69, 9.17) is 22.1 Å². The second kappa shape index (κ2) is 13.5. The Balaban J connectivity index is 1.77. The average molecular weight is 536 g/mol. The molecule has 1 saturated carbocycles. The number of amidine groups is 1. The summed E-state index contributed by atoms with van der Waals surface area (Å²) in [7, 11) is 0. The first-order valence-electron chi connectivity index (χ1n) is 13.2. The van der Waals surface area contributed by atoms with E-state index in [0.29, 0.717) is 29.3 Å². The van der Waals surface area contributed by atoms with Crippen LogP contribution in [-0.4, -0.2) is 53.5 Å². The summed E-state index contributed by atoms with van der Waals surface area (Å²) in [5.41, 5.74) is 8.04. The number of ether oxygens (including phenoxy) is 1. The second-order valence-corrected chi connectivity index (χ2v) is 10.4. The molecule has 2 atom stereocenters. The third kappa shape index (κ3) is 8.94. The van der Waals surface area contributed by atoms with E-state index in [1.165, 1.54) is 0 Å². The number of allylic oxidation sites excluding steroid dienone is 5. The summed E-state index contributed by atoms with van der Waals surface area (Å²) >= 11 is 6.40. The van der Waals surface area contributed by atoms with E-state index in [-0.39, 0.29) is 12.5 Å². The maximum atomic E-state index is 15.1. The van der Waals surface area contributed by atoms with E-state index in [2.05, 4.69) is 16.5 Å². The van der Waals surface area contributed by atoms with Gasteiger partial charge in [-0.3, -0.25) is 4.99 Å². The fourth-order valence-electron chi connectivity index (χ4n) is 4.42. The number of hydrogen-bond donors (Lipinski definition) is 2. The lowest BCUT2D eigenvalue weighted by Crippen LogP contribution is -2.40. The van der Waals surface area contributed by atoms with Crippen molar-refractivity contribution in [1.82, 2.24) is 4.90 Å². The zero-order chi connectivity index (χ0) is 27.0. The molecular weight excluding hydrogens is 496 g/mol. The van der Waals surface area contributed by atoms with Gasteiger partial charge in [0.05, 0.1) is 17.2 Å². The van der Waals surface area contributed by atoms with Gasteiger partial charge in [0.1, 0.15) is 11.9 Å². The highest BCUT2D eigenvalue weighted by molar-refractivity contribution is 6.32. The van der Waals surface area contributed by atoms with Gasteiger partial charge >= 0.3 is 5.92 Å². The second-order valence-electron chi connectivity index (χ2n) is 9.98. The molecule has 5 nitrogen and oxygen atoms in total. The van der Waals surface area contributed by atoms with Gasteiger partial charge in [0.15, 0.2) is 5.84 Å². The largest absolute Gasteiger partial charge is 0.489 e. The van der Waals surface area contributed by atoms with Gasteiger partial charge in [-0.2, -0.15) is 8.78 Å². The Bertz CT molecular complexity index is 1010. The van der Waals surface area contributed by atoms with Crippen LogP contribution in [0, 0.1) is 0 Å². The van der Waals surface area contributed by atoms with Crippen LogP contribution in [0.15, 0.2) is 59.1 Å². The van der Waals surface area contributed by atoms with Crippen molar-refractivity contribution in [3.63, 3.8) is 0 Å². The number of alkyl halides is 2. The Morgan fingerprint density at radius 3 is 2.65 bits per heavy atom. The summed E-state index contributed by atoms with van der Waals surface area (Å²) in [5, 5.41) is 11.6. The summed E-state index contributed by atoms with van der Waals surface area (Å²) in [6, 6.07) is 4.20.